The minimum Gasteiger partial charge on any atom is -0.454 e. The van der Waals surface area contributed by atoms with Crippen molar-refractivity contribution in [2.24, 2.45) is 0 Å². The second-order valence-corrected chi connectivity index (χ2v) is 10.9. The summed E-state index contributed by atoms with van der Waals surface area (Å²) in [5.41, 5.74) is 5.89. The van der Waals surface area contributed by atoms with Crippen molar-refractivity contribution in [3.63, 3.8) is 0 Å². The second kappa shape index (κ2) is 12.4. The van der Waals surface area contributed by atoms with E-state index in [0.29, 0.717) is 5.71 Å². The summed E-state index contributed by atoms with van der Waals surface area (Å²) in [6.07, 6.45) is 7.14. The number of hydrogen-bond acceptors (Lipinski definition) is 6. The molecule has 0 aliphatic carbocycles. The SMILES string of the molecule is CC.Cc1ccc2oc3cnccc3c2c1.Cc1ccc2oc3ncccc3c2c1.c1ccc2c(c1)sc1ncccc12. The van der Waals surface area contributed by atoms with Gasteiger partial charge in [0.25, 0.3) is 0 Å². The summed E-state index contributed by atoms with van der Waals surface area (Å²) >= 11 is 1.75. The molecule has 212 valence electrons. The van der Waals surface area contributed by atoms with E-state index in [2.05, 4.69) is 77.3 Å². The van der Waals surface area contributed by atoms with Crippen LogP contribution in [0.25, 0.3) is 64.3 Å². The molecule has 0 saturated carbocycles. The summed E-state index contributed by atoms with van der Waals surface area (Å²) in [6.45, 7) is 8.16. The van der Waals surface area contributed by atoms with Crippen molar-refractivity contribution in [3.05, 3.63) is 127 Å². The van der Waals surface area contributed by atoms with Gasteiger partial charge in [-0.2, -0.15) is 0 Å². The molecule has 9 rings (SSSR count). The van der Waals surface area contributed by atoms with E-state index in [1.54, 1.807) is 29.9 Å². The molecule has 9 aromatic rings. The molecule has 0 bridgehead atoms. The lowest BCUT2D eigenvalue weighted by Crippen LogP contribution is -1.71. The zero-order valence-electron chi connectivity index (χ0n) is 24.5. The molecule has 3 aromatic carbocycles. The van der Waals surface area contributed by atoms with Crippen LogP contribution in [0.5, 0.6) is 0 Å². The van der Waals surface area contributed by atoms with Gasteiger partial charge in [-0.05, 0) is 74.5 Å². The fourth-order valence-corrected chi connectivity index (χ4v) is 6.07. The standard InChI is InChI=1S/2C12H9NO.C11H7NS.C2H6/c1-8-2-3-11-10(6-8)9-4-5-13-7-12(9)14-11;1-8-4-5-11-10(7-8)9-3-2-6-13-12(9)14-11;1-2-6-10-8(4-1)9-5-3-7-12-11(9)13-10;1-2/h2*2-7H,1H3;1-7H;1-2H3. The second-order valence-electron chi connectivity index (χ2n) is 9.89. The first kappa shape index (κ1) is 28.1. The number of hydrogen-bond donors (Lipinski definition) is 0. The number of pyridine rings is 3. The number of rotatable bonds is 0. The normalized spacial score (nSPS) is 10.8. The summed E-state index contributed by atoms with van der Waals surface area (Å²) in [6, 6.07) is 30.9. The quantitative estimate of drug-likeness (QED) is 0.178. The van der Waals surface area contributed by atoms with Gasteiger partial charge in [0.15, 0.2) is 5.58 Å². The van der Waals surface area contributed by atoms with Gasteiger partial charge in [-0.15, -0.1) is 11.3 Å². The Morgan fingerprint density at radius 2 is 1.19 bits per heavy atom. The van der Waals surface area contributed by atoms with Gasteiger partial charge in [-0.25, -0.2) is 9.97 Å². The molecule has 0 unspecified atom stereocenters. The first-order chi connectivity index (χ1) is 21.1. The lowest BCUT2D eigenvalue weighted by Gasteiger charge is -1.90. The van der Waals surface area contributed by atoms with Crippen molar-refractivity contribution >= 4 is 75.6 Å². The van der Waals surface area contributed by atoms with Crippen LogP contribution in [0, 0.1) is 13.8 Å². The van der Waals surface area contributed by atoms with Crippen molar-refractivity contribution in [1.29, 1.82) is 0 Å². The van der Waals surface area contributed by atoms with E-state index in [9.17, 15) is 0 Å². The average Bonchev–Trinajstić information content (AvgIpc) is 3.74. The molecule has 0 saturated heterocycles. The van der Waals surface area contributed by atoms with Gasteiger partial charge in [0.2, 0.25) is 5.71 Å². The molecule has 6 heterocycles. The van der Waals surface area contributed by atoms with Crippen LogP contribution in [-0.2, 0) is 0 Å². The van der Waals surface area contributed by atoms with Gasteiger partial charge >= 0.3 is 0 Å². The van der Waals surface area contributed by atoms with E-state index in [4.69, 9.17) is 8.83 Å². The van der Waals surface area contributed by atoms with Crippen molar-refractivity contribution in [3.8, 4) is 0 Å². The van der Waals surface area contributed by atoms with Crippen LogP contribution in [0.15, 0.2) is 125 Å². The molecule has 43 heavy (non-hydrogen) atoms. The lowest BCUT2D eigenvalue weighted by molar-refractivity contribution is 0.654. The Balaban J connectivity index is 0.000000112. The molecule has 0 amide bonds. The van der Waals surface area contributed by atoms with E-state index < -0.39 is 0 Å². The average molecular weight is 582 g/mol. The fraction of sp³-hybridized carbons (Fsp3) is 0.108. The Morgan fingerprint density at radius 1 is 0.535 bits per heavy atom. The van der Waals surface area contributed by atoms with Gasteiger partial charge in [0, 0.05) is 55.6 Å². The highest BCUT2D eigenvalue weighted by atomic mass is 32.1. The van der Waals surface area contributed by atoms with Gasteiger partial charge < -0.3 is 8.83 Å². The van der Waals surface area contributed by atoms with Crippen molar-refractivity contribution in [2.75, 3.05) is 0 Å². The molecule has 0 fully saturated rings. The van der Waals surface area contributed by atoms with Crippen molar-refractivity contribution < 1.29 is 8.83 Å². The molecule has 0 N–H and O–H groups in total. The van der Waals surface area contributed by atoms with Crippen molar-refractivity contribution in [1.82, 2.24) is 15.0 Å². The van der Waals surface area contributed by atoms with Crippen LogP contribution < -0.4 is 0 Å². The number of aromatic nitrogens is 3. The molecule has 0 atom stereocenters. The highest BCUT2D eigenvalue weighted by Crippen LogP contribution is 2.32. The minimum atomic E-state index is 0.716. The molecule has 6 heteroatoms. The summed E-state index contributed by atoms with van der Waals surface area (Å²) in [4.78, 5) is 13.7. The maximum absolute atomic E-state index is 5.64. The van der Waals surface area contributed by atoms with E-state index >= 15 is 0 Å². The number of fused-ring (bicyclic) bond motifs is 9. The van der Waals surface area contributed by atoms with E-state index in [1.807, 2.05) is 62.5 Å². The summed E-state index contributed by atoms with van der Waals surface area (Å²) < 4.78 is 12.6. The summed E-state index contributed by atoms with van der Waals surface area (Å²) in [5, 5.41) is 7.12. The number of nitrogens with zero attached hydrogens (tertiary/aromatic N) is 3. The third-order valence-corrected chi connectivity index (χ3v) is 8.08. The third-order valence-electron chi connectivity index (χ3n) is 6.99. The molecule has 0 aliphatic rings. The van der Waals surface area contributed by atoms with Gasteiger partial charge in [0.1, 0.15) is 16.0 Å². The molecular weight excluding hydrogens is 550 g/mol. The van der Waals surface area contributed by atoms with Crippen LogP contribution in [0.3, 0.4) is 0 Å². The number of thiophene rings is 1. The molecule has 0 radical (unpaired) electrons. The zero-order valence-corrected chi connectivity index (χ0v) is 25.4. The largest absolute Gasteiger partial charge is 0.454 e. The highest BCUT2D eigenvalue weighted by Gasteiger charge is 2.07. The molecule has 0 spiro atoms. The summed E-state index contributed by atoms with van der Waals surface area (Å²) in [7, 11) is 0. The minimum absolute atomic E-state index is 0.716. The van der Waals surface area contributed by atoms with E-state index in [0.717, 1.165) is 37.7 Å². The Bertz CT molecular complexity index is 2150. The Hall–Kier alpha value is -5.07. The van der Waals surface area contributed by atoms with Crippen molar-refractivity contribution in [2.45, 2.75) is 27.7 Å². The zero-order chi connectivity index (χ0) is 29.8. The molecule has 5 nitrogen and oxygen atoms in total. The lowest BCUT2D eigenvalue weighted by atomic mass is 10.1. The Kier molecular flexibility index (Phi) is 8.11. The first-order valence-corrected chi connectivity index (χ1v) is 15.1. The van der Waals surface area contributed by atoms with Crippen LogP contribution in [-0.4, -0.2) is 15.0 Å². The fourth-order valence-electron chi connectivity index (χ4n) is 5.03. The van der Waals surface area contributed by atoms with E-state index in [-0.39, 0.29) is 0 Å². The maximum Gasteiger partial charge on any atom is 0.227 e. The van der Waals surface area contributed by atoms with E-state index in [1.165, 1.54) is 32.0 Å². The Morgan fingerprint density at radius 3 is 1.98 bits per heavy atom. The van der Waals surface area contributed by atoms with Gasteiger partial charge in [-0.3, -0.25) is 4.98 Å². The summed E-state index contributed by atoms with van der Waals surface area (Å²) in [5.74, 6) is 0. The van der Waals surface area contributed by atoms with Crippen LogP contribution >= 0.6 is 11.3 Å². The third kappa shape index (κ3) is 5.70. The van der Waals surface area contributed by atoms with Gasteiger partial charge in [0.05, 0.1) is 6.20 Å². The van der Waals surface area contributed by atoms with Crippen LogP contribution in [0.2, 0.25) is 0 Å². The Labute approximate surface area is 253 Å². The molecule has 6 aromatic heterocycles. The number of aryl methyl sites for hydroxylation is 2. The monoisotopic (exact) mass is 581 g/mol. The maximum atomic E-state index is 5.64. The number of furan rings is 2. The molecular formula is C37H31N3O2S. The first-order valence-electron chi connectivity index (χ1n) is 14.3. The highest BCUT2D eigenvalue weighted by molar-refractivity contribution is 7.25. The molecule has 0 aliphatic heterocycles. The van der Waals surface area contributed by atoms with Crippen LogP contribution in [0.4, 0.5) is 0 Å². The smallest absolute Gasteiger partial charge is 0.227 e. The topological polar surface area (TPSA) is 65.0 Å². The number of benzene rings is 3. The van der Waals surface area contributed by atoms with Crippen LogP contribution in [0.1, 0.15) is 25.0 Å². The van der Waals surface area contributed by atoms with Gasteiger partial charge in [-0.1, -0.05) is 55.3 Å². The predicted molar refractivity (Wildman–Crippen MR) is 181 cm³/mol. The predicted octanol–water partition coefficient (Wildman–Crippen LogP) is 11.1.